The highest BCUT2D eigenvalue weighted by Crippen LogP contribution is 2.25. The van der Waals surface area contributed by atoms with Crippen molar-refractivity contribution in [2.24, 2.45) is 0 Å². The third-order valence-corrected chi connectivity index (χ3v) is 6.41. The molecule has 1 saturated heterocycles. The average Bonchev–Trinajstić information content (AvgIpc) is 3.32. The summed E-state index contributed by atoms with van der Waals surface area (Å²) in [5.41, 5.74) is 0.647. The SMILES string of the molecule is COC(=O)c1ccc2c(=O)n(CC3CCCO3)c(SCCOc3ccccc3Cl)nc2c1. The quantitative estimate of drug-likeness (QED) is 0.209. The Labute approximate surface area is 194 Å². The first-order valence-corrected chi connectivity index (χ1v) is 11.7. The minimum atomic E-state index is -0.473. The molecule has 2 aromatic carbocycles. The molecule has 3 aromatic rings. The van der Waals surface area contributed by atoms with Gasteiger partial charge in [-0.15, -0.1) is 0 Å². The number of carbonyl (C=O) groups excluding carboxylic acids is 1. The maximum atomic E-state index is 13.3. The molecule has 0 saturated carbocycles. The minimum absolute atomic E-state index is 0.0139. The van der Waals surface area contributed by atoms with Crippen LogP contribution in [-0.4, -0.2) is 47.7 Å². The molecule has 1 aliphatic rings. The van der Waals surface area contributed by atoms with E-state index in [1.54, 1.807) is 28.8 Å². The Kier molecular flexibility index (Phi) is 7.34. The van der Waals surface area contributed by atoms with Crippen LogP contribution in [0.4, 0.5) is 0 Å². The topological polar surface area (TPSA) is 79.7 Å². The number of nitrogens with zero attached hydrogens (tertiary/aromatic N) is 2. The number of carbonyl (C=O) groups is 1. The number of thioether (sulfide) groups is 1. The fourth-order valence-corrected chi connectivity index (χ4v) is 4.57. The second-order valence-corrected chi connectivity index (χ2v) is 8.77. The molecule has 168 valence electrons. The van der Waals surface area contributed by atoms with Crippen molar-refractivity contribution in [1.82, 2.24) is 9.55 Å². The monoisotopic (exact) mass is 474 g/mol. The third kappa shape index (κ3) is 5.09. The summed E-state index contributed by atoms with van der Waals surface area (Å²) in [7, 11) is 1.32. The number of rotatable bonds is 8. The standard InChI is InChI=1S/C23H23ClN2O5S/c1-29-22(28)15-8-9-17-19(13-15)25-23(26(21(17)27)14-16-5-4-10-30-16)32-12-11-31-20-7-3-2-6-18(20)24/h2-3,6-9,13,16H,4-5,10-12,14H2,1H3. The lowest BCUT2D eigenvalue weighted by atomic mass is 10.1. The van der Waals surface area contributed by atoms with E-state index >= 15 is 0 Å². The van der Waals surface area contributed by atoms with Gasteiger partial charge in [0.25, 0.3) is 5.56 Å². The van der Waals surface area contributed by atoms with E-state index in [0.717, 1.165) is 12.8 Å². The van der Waals surface area contributed by atoms with Crippen molar-refractivity contribution >= 4 is 40.2 Å². The van der Waals surface area contributed by atoms with Gasteiger partial charge in [-0.25, -0.2) is 9.78 Å². The predicted octanol–water partition coefficient (Wildman–Crippen LogP) is 4.19. The van der Waals surface area contributed by atoms with Crippen LogP contribution < -0.4 is 10.3 Å². The molecule has 0 aliphatic carbocycles. The van der Waals surface area contributed by atoms with Gasteiger partial charge < -0.3 is 14.2 Å². The molecule has 0 radical (unpaired) electrons. The number of para-hydroxylation sites is 1. The Morgan fingerprint density at radius 3 is 2.91 bits per heavy atom. The largest absolute Gasteiger partial charge is 0.491 e. The molecule has 2 heterocycles. The second-order valence-electron chi connectivity index (χ2n) is 7.30. The summed E-state index contributed by atoms with van der Waals surface area (Å²) in [4.78, 5) is 29.9. The fourth-order valence-electron chi connectivity index (χ4n) is 3.56. The van der Waals surface area contributed by atoms with E-state index in [1.165, 1.54) is 18.9 Å². The summed E-state index contributed by atoms with van der Waals surface area (Å²) in [5, 5.41) is 1.56. The Balaban J connectivity index is 1.60. The maximum absolute atomic E-state index is 13.3. The van der Waals surface area contributed by atoms with Gasteiger partial charge >= 0.3 is 5.97 Å². The molecule has 9 heteroatoms. The van der Waals surface area contributed by atoms with E-state index in [0.29, 0.717) is 57.9 Å². The zero-order valence-electron chi connectivity index (χ0n) is 17.6. The fraction of sp³-hybridized carbons (Fsp3) is 0.348. The summed E-state index contributed by atoms with van der Waals surface area (Å²) in [6.07, 6.45) is 1.88. The van der Waals surface area contributed by atoms with Gasteiger partial charge in [-0.2, -0.15) is 0 Å². The Hall–Kier alpha value is -2.55. The van der Waals surface area contributed by atoms with Gasteiger partial charge in [0.2, 0.25) is 0 Å². The number of hydrogen-bond acceptors (Lipinski definition) is 7. The smallest absolute Gasteiger partial charge is 0.337 e. The van der Waals surface area contributed by atoms with Crippen LogP contribution in [0, 0.1) is 0 Å². The maximum Gasteiger partial charge on any atom is 0.337 e. The molecule has 1 unspecified atom stereocenters. The van der Waals surface area contributed by atoms with Gasteiger partial charge in [0, 0.05) is 12.4 Å². The molecule has 1 fully saturated rings. The number of ether oxygens (including phenoxy) is 3. The van der Waals surface area contributed by atoms with Crippen molar-refractivity contribution < 1.29 is 19.0 Å². The molecule has 1 aromatic heterocycles. The number of esters is 1. The van der Waals surface area contributed by atoms with Crippen molar-refractivity contribution in [3.63, 3.8) is 0 Å². The molecular formula is C23H23ClN2O5S. The average molecular weight is 475 g/mol. The summed E-state index contributed by atoms with van der Waals surface area (Å²) in [6.45, 7) is 1.54. The molecule has 7 nitrogen and oxygen atoms in total. The number of hydrogen-bond donors (Lipinski definition) is 0. The van der Waals surface area contributed by atoms with Gasteiger partial charge in [0.05, 0.1) is 47.9 Å². The second kappa shape index (κ2) is 10.4. The summed E-state index contributed by atoms with van der Waals surface area (Å²) < 4.78 is 18.0. The van der Waals surface area contributed by atoms with Crippen molar-refractivity contribution in [3.05, 3.63) is 63.4 Å². The van der Waals surface area contributed by atoms with Gasteiger partial charge in [-0.05, 0) is 43.2 Å². The molecule has 1 aliphatic heterocycles. The lowest BCUT2D eigenvalue weighted by Gasteiger charge is -2.17. The Morgan fingerprint density at radius 1 is 1.31 bits per heavy atom. The number of aromatic nitrogens is 2. The number of benzene rings is 2. The highest BCUT2D eigenvalue weighted by atomic mass is 35.5. The van der Waals surface area contributed by atoms with Crippen molar-refractivity contribution in [2.45, 2.75) is 30.6 Å². The lowest BCUT2D eigenvalue weighted by molar-refractivity contribution is 0.0601. The van der Waals surface area contributed by atoms with Crippen LogP contribution in [0.2, 0.25) is 5.02 Å². The van der Waals surface area contributed by atoms with Crippen LogP contribution >= 0.6 is 23.4 Å². The van der Waals surface area contributed by atoms with Crippen LogP contribution in [-0.2, 0) is 16.0 Å². The summed E-state index contributed by atoms with van der Waals surface area (Å²) in [5.74, 6) is 0.700. The van der Waals surface area contributed by atoms with Crippen molar-refractivity contribution in [2.75, 3.05) is 26.1 Å². The van der Waals surface area contributed by atoms with E-state index in [1.807, 2.05) is 18.2 Å². The third-order valence-electron chi connectivity index (χ3n) is 5.16. The lowest BCUT2D eigenvalue weighted by Crippen LogP contribution is -2.29. The molecule has 4 rings (SSSR count). The molecule has 0 bridgehead atoms. The first-order valence-electron chi connectivity index (χ1n) is 10.3. The number of methoxy groups -OCH3 is 1. The van der Waals surface area contributed by atoms with E-state index in [4.69, 9.17) is 30.8 Å². The van der Waals surface area contributed by atoms with Crippen LogP contribution in [0.15, 0.2) is 52.4 Å². The van der Waals surface area contributed by atoms with Gasteiger partial charge in [0.1, 0.15) is 5.75 Å². The van der Waals surface area contributed by atoms with Crippen LogP contribution in [0.25, 0.3) is 10.9 Å². The molecule has 0 spiro atoms. The minimum Gasteiger partial charge on any atom is -0.491 e. The zero-order chi connectivity index (χ0) is 22.5. The molecule has 32 heavy (non-hydrogen) atoms. The van der Waals surface area contributed by atoms with E-state index in [9.17, 15) is 9.59 Å². The molecule has 1 atom stereocenters. The van der Waals surface area contributed by atoms with E-state index < -0.39 is 5.97 Å². The van der Waals surface area contributed by atoms with Gasteiger partial charge in [-0.3, -0.25) is 9.36 Å². The first-order chi connectivity index (χ1) is 15.6. The number of halogens is 1. The van der Waals surface area contributed by atoms with Gasteiger partial charge in [-0.1, -0.05) is 35.5 Å². The summed E-state index contributed by atoms with van der Waals surface area (Å²) >= 11 is 7.55. The van der Waals surface area contributed by atoms with Gasteiger partial charge in [0.15, 0.2) is 5.16 Å². The van der Waals surface area contributed by atoms with Crippen molar-refractivity contribution in [1.29, 1.82) is 0 Å². The molecule has 0 N–H and O–H groups in total. The van der Waals surface area contributed by atoms with E-state index in [-0.39, 0.29) is 11.7 Å². The molecule has 0 amide bonds. The molecular weight excluding hydrogens is 452 g/mol. The Morgan fingerprint density at radius 2 is 2.16 bits per heavy atom. The zero-order valence-corrected chi connectivity index (χ0v) is 19.2. The number of fused-ring (bicyclic) bond motifs is 1. The first kappa shape index (κ1) is 22.6. The normalized spacial score (nSPS) is 15.8. The van der Waals surface area contributed by atoms with E-state index in [2.05, 4.69) is 0 Å². The van der Waals surface area contributed by atoms with Crippen LogP contribution in [0.1, 0.15) is 23.2 Å². The highest BCUT2D eigenvalue weighted by molar-refractivity contribution is 7.99. The Bertz CT molecular complexity index is 1180. The summed E-state index contributed by atoms with van der Waals surface area (Å²) in [6, 6.07) is 12.1. The van der Waals surface area contributed by atoms with Crippen molar-refractivity contribution in [3.8, 4) is 5.75 Å². The van der Waals surface area contributed by atoms with Crippen LogP contribution in [0.3, 0.4) is 0 Å². The van der Waals surface area contributed by atoms with Crippen LogP contribution in [0.5, 0.6) is 5.75 Å². The predicted molar refractivity (Wildman–Crippen MR) is 124 cm³/mol. The highest BCUT2D eigenvalue weighted by Gasteiger charge is 2.21.